The number of rotatable bonds is 9. The summed E-state index contributed by atoms with van der Waals surface area (Å²) in [4.78, 5) is 14.5. The van der Waals surface area contributed by atoms with E-state index in [4.69, 9.17) is 0 Å². The first-order valence-corrected chi connectivity index (χ1v) is 11.7. The number of carbonyl (C=O) groups is 1. The van der Waals surface area contributed by atoms with Gasteiger partial charge >= 0.3 is 0 Å². The van der Waals surface area contributed by atoms with E-state index in [1.807, 2.05) is 12.1 Å². The Labute approximate surface area is 178 Å². The van der Waals surface area contributed by atoms with Gasteiger partial charge in [-0.05, 0) is 36.1 Å². The molecule has 7 nitrogen and oxygen atoms in total. The molecule has 1 amide bonds. The number of benzene rings is 2. The largest absolute Gasteiger partial charge is 0.393 e. The molecule has 0 aliphatic carbocycles. The second-order valence-electron chi connectivity index (χ2n) is 7.56. The van der Waals surface area contributed by atoms with Gasteiger partial charge in [0.1, 0.15) is 0 Å². The first-order chi connectivity index (χ1) is 14.4. The van der Waals surface area contributed by atoms with E-state index in [9.17, 15) is 18.3 Å². The molecule has 8 heteroatoms. The minimum absolute atomic E-state index is 0.0481. The highest BCUT2D eigenvalue weighted by Crippen LogP contribution is 2.14. The van der Waals surface area contributed by atoms with Crippen molar-refractivity contribution < 1.29 is 18.3 Å². The van der Waals surface area contributed by atoms with E-state index in [1.165, 1.54) is 17.7 Å². The van der Waals surface area contributed by atoms with Gasteiger partial charge in [-0.2, -0.15) is 0 Å². The van der Waals surface area contributed by atoms with Crippen molar-refractivity contribution in [1.29, 1.82) is 0 Å². The average Bonchev–Trinajstić information content (AvgIpc) is 2.75. The standard InChI is InChI=1S/C22H29N3O4S/c26-20-11-14-25(15-12-20)17-19-8-6-18(7-9-19)16-23-22(27)10-13-24-30(28,29)21-4-2-1-3-5-21/h1-9,20,24,26H,10-17H2,(H,23,27). The highest BCUT2D eigenvalue weighted by atomic mass is 32.2. The molecule has 0 atom stereocenters. The van der Waals surface area contributed by atoms with E-state index in [0.29, 0.717) is 6.54 Å². The van der Waals surface area contributed by atoms with Crippen molar-refractivity contribution in [2.45, 2.75) is 43.4 Å². The van der Waals surface area contributed by atoms with Crippen LogP contribution in [0.4, 0.5) is 0 Å². The lowest BCUT2D eigenvalue weighted by Crippen LogP contribution is -2.35. The van der Waals surface area contributed by atoms with Crippen LogP contribution in [-0.4, -0.2) is 50.1 Å². The predicted molar refractivity (Wildman–Crippen MR) is 115 cm³/mol. The summed E-state index contributed by atoms with van der Waals surface area (Å²) in [5, 5.41) is 12.4. The van der Waals surface area contributed by atoms with Crippen LogP contribution in [0.5, 0.6) is 0 Å². The number of nitrogens with zero attached hydrogens (tertiary/aromatic N) is 1. The summed E-state index contributed by atoms with van der Waals surface area (Å²) >= 11 is 0. The summed E-state index contributed by atoms with van der Waals surface area (Å²) in [6.45, 7) is 3.13. The van der Waals surface area contributed by atoms with Crippen LogP contribution < -0.4 is 10.0 Å². The van der Waals surface area contributed by atoms with Gasteiger partial charge in [0.05, 0.1) is 11.0 Å². The van der Waals surface area contributed by atoms with Crippen LogP contribution in [0.1, 0.15) is 30.4 Å². The van der Waals surface area contributed by atoms with Gasteiger partial charge < -0.3 is 10.4 Å². The quantitative estimate of drug-likeness (QED) is 0.561. The van der Waals surface area contributed by atoms with Crippen LogP contribution in [-0.2, 0) is 27.9 Å². The summed E-state index contributed by atoms with van der Waals surface area (Å²) in [5.74, 6) is -0.207. The Morgan fingerprint density at radius 2 is 1.63 bits per heavy atom. The van der Waals surface area contributed by atoms with Crippen LogP contribution in [0.25, 0.3) is 0 Å². The van der Waals surface area contributed by atoms with Gasteiger partial charge in [0, 0.05) is 39.1 Å². The molecule has 162 valence electrons. The maximum absolute atomic E-state index is 12.1. The number of carbonyl (C=O) groups excluding carboxylic acids is 1. The van der Waals surface area contributed by atoms with Crippen molar-refractivity contribution in [3.63, 3.8) is 0 Å². The van der Waals surface area contributed by atoms with E-state index in [2.05, 4.69) is 27.1 Å². The number of hydrogen-bond acceptors (Lipinski definition) is 5. The minimum Gasteiger partial charge on any atom is -0.393 e. The van der Waals surface area contributed by atoms with Gasteiger partial charge in [-0.15, -0.1) is 0 Å². The Bertz CT molecular complexity index is 909. The van der Waals surface area contributed by atoms with Crippen molar-refractivity contribution >= 4 is 15.9 Å². The molecular weight excluding hydrogens is 402 g/mol. The van der Waals surface area contributed by atoms with Crippen molar-refractivity contribution in [1.82, 2.24) is 14.9 Å². The summed E-state index contributed by atoms with van der Waals surface area (Å²) in [7, 11) is -3.59. The van der Waals surface area contributed by atoms with E-state index in [-0.39, 0.29) is 29.9 Å². The molecule has 2 aromatic carbocycles. The molecule has 0 bridgehead atoms. The number of sulfonamides is 1. The molecule has 0 radical (unpaired) electrons. The van der Waals surface area contributed by atoms with Crippen molar-refractivity contribution in [2.75, 3.05) is 19.6 Å². The molecule has 1 saturated heterocycles. The summed E-state index contributed by atoms with van der Waals surface area (Å²) in [6.07, 6.45) is 1.56. The first-order valence-electron chi connectivity index (χ1n) is 10.2. The zero-order chi connectivity index (χ0) is 21.4. The van der Waals surface area contributed by atoms with Crippen LogP contribution in [0.2, 0.25) is 0 Å². The topological polar surface area (TPSA) is 98.7 Å². The minimum atomic E-state index is -3.59. The lowest BCUT2D eigenvalue weighted by molar-refractivity contribution is -0.121. The maximum Gasteiger partial charge on any atom is 0.240 e. The Kier molecular flexibility index (Phi) is 7.98. The van der Waals surface area contributed by atoms with Gasteiger partial charge in [0.2, 0.25) is 15.9 Å². The van der Waals surface area contributed by atoms with Gasteiger partial charge in [-0.3, -0.25) is 9.69 Å². The average molecular weight is 432 g/mol. The summed E-state index contributed by atoms with van der Waals surface area (Å²) in [5.41, 5.74) is 2.20. The zero-order valence-electron chi connectivity index (χ0n) is 17.0. The maximum atomic E-state index is 12.1. The third-order valence-electron chi connectivity index (χ3n) is 5.17. The summed E-state index contributed by atoms with van der Waals surface area (Å²) < 4.78 is 26.7. The van der Waals surface area contributed by atoms with Crippen LogP contribution in [0.3, 0.4) is 0 Å². The molecule has 1 heterocycles. The van der Waals surface area contributed by atoms with E-state index in [0.717, 1.165) is 38.0 Å². The fraction of sp³-hybridized carbons (Fsp3) is 0.409. The molecule has 1 fully saturated rings. The van der Waals surface area contributed by atoms with Crippen LogP contribution >= 0.6 is 0 Å². The number of hydrogen-bond donors (Lipinski definition) is 3. The smallest absolute Gasteiger partial charge is 0.240 e. The molecule has 2 aromatic rings. The molecule has 3 N–H and O–H groups in total. The van der Waals surface area contributed by atoms with Gasteiger partial charge in [-0.25, -0.2) is 13.1 Å². The Morgan fingerprint density at radius 3 is 2.30 bits per heavy atom. The summed E-state index contributed by atoms with van der Waals surface area (Å²) in [6, 6.07) is 16.2. The number of nitrogens with one attached hydrogen (secondary N) is 2. The number of piperidine rings is 1. The molecule has 0 spiro atoms. The first kappa shape index (κ1) is 22.4. The number of likely N-dealkylation sites (tertiary alicyclic amines) is 1. The molecule has 0 saturated carbocycles. The molecule has 1 aliphatic rings. The van der Waals surface area contributed by atoms with Gasteiger partial charge in [0.15, 0.2) is 0 Å². The fourth-order valence-corrected chi connectivity index (χ4v) is 4.42. The molecule has 0 unspecified atom stereocenters. The molecule has 3 rings (SSSR count). The number of amides is 1. The molecule has 0 aromatic heterocycles. The Hall–Kier alpha value is -2.26. The molecule has 1 aliphatic heterocycles. The van der Waals surface area contributed by atoms with Gasteiger partial charge in [-0.1, -0.05) is 42.5 Å². The zero-order valence-corrected chi connectivity index (χ0v) is 17.8. The van der Waals surface area contributed by atoms with Crippen LogP contribution in [0, 0.1) is 0 Å². The Morgan fingerprint density at radius 1 is 1.00 bits per heavy atom. The van der Waals surface area contributed by atoms with Crippen molar-refractivity contribution in [3.05, 3.63) is 65.7 Å². The molecule has 30 heavy (non-hydrogen) atoms. The lowest BCUT2D eigenvalue weighted by atomic mass is 10.1. The van der Waals surface area contributed by atoms with E-state index >= 15 is 0 Å². The third-order valence-corrected chi connectivity index (χ3v) is 6.65. The monoisotopic (exact) mass is 431 g/mol. The van der Waals surface area contributed by atoms with Crippen molar-refractivity contribution in [3.8, 4) is 0 Å². The highest BCUT2D eigenvalue weighted by Gasteiger charge is 2.17. The van der Waals surface area contributed by atoms with E-state index in [1.54, 1.807) is 18.2 Å². The second kappa shape index (κ2) is 10.7. The Balaban J connectivity index is 1.37. The number of aliphatic hydroxyl groups excluding tert-OH is 1. The van der Waals surface area contributed by atoms with E-state index < -0.39 is 10.0 Å². The predicted octanol–water partition coefficient (Wildman–Crippen LogP) is 1.63. The lowest BCUT2D eigenvalue weighted by Gasteiger charge is -2.29. The van der Waals surface area contributed by atoms with Crippen LogP contribution in [0.15, 0.2) is 59.5 Å². The van der Waals surface area contributed by atoms with Crippen molar-refractivity contribution in [2.24, 2.45) is 0 Å². The number of aliphatic hydroxyl groups is 1. The molecular formula is C22H29N3O4S. The SMILES string of the molecule is O=C(CCNS(=O)(=O)c1ccccc1)NCc1ccc(CN2CCC(O)CC2)cc1. The second-order valence-corrected chi connectivity index (χ2v) is 9.33. The third kappa shape index (κ3) is 6.91. The van der Waals surface area contributed by atoms with Gasteiger partial charge in [0.25, 0.3) is 0 Å². The normalized spacial score (nSPS) is 15.8. The highest BCUT2D eigenvalue weighted by molar-refractivity contribution is 7.89. The fourth-order valence-electron chi connectivity index (χ4n) is 3.37.